The summed E-state index contributed by atoms with van der Waals surface area (Å²) >= 11 is 12.3. The van der Waals surface area contributed by atoms with E-state index in [1.807, 2.05) is 12.1 Å². The average molecular weight is 513 g/mol. The van der Waals surface area contributed by atoms with Crippen molar-refractivity contribution in [1.29, 1.82) is 0 Å². The van der Waals surface area contributed by atoms with Crippen molar-refractivity contribution in [1.82, 2.24) is 14.7 Å². The number of halogens is 5. The first-order chi connectivity index (χ1) is 16.2. The van der Waals surface area contributed by atoms with E-state index in [9.17, 15) is 18.0 Å². The molecule has 0 N–H and O–H groups in total. The number of ether oxygens (including phenoxy) is 1. The zero-order chi connectivity index (χ0) is 24.5. The number of aromatic nitrogens is 2. The molecular weight excluding hydrogens is 492 g/mol. The van der Waals surface area contributed by atoms with E-state index in [1.54, 1.807) is 41.3 Å². The highest BCUT2D eigenvalue weighted by atomic mass is 35.5. The molecule has 0 bridgehead atoms. The second kappa shape index (κ2) is 9.85. The van der Waals surface area contributed by atoms with Gasteiger partial charge in [-0.2, -0.15) is 18.3 Å². The summed E-state index contributed by atoms with van der Waals surface area (Å²) < 4.78 is 47.2. The lowest BCUT2D eigenvalue weighted by molar-refractivity contribution is -0.142. The fourth-order valence-corrected chi connectivity index (χ4v) is 4.57. The Hall–Kier alpha value is -2.75. The maximum absolute atomic E-state index is 13.6. The number of hydrogen-bond donors (Lipinski definition) is 0. The van der Waals surface area contributed by atoms with Crippen molar-refractivity contribution in [3.63, 3.8) is 0 Å². The number of carbonyl (C=O) groups excluding carboxylic acids is 1. The Morgan fingerprint density at radius 1 is 1.06 bits per heavy atom. The van der Waals surface area contributed by atoms with E-state index in [0.717, 1.165) is 10.4 Å². The van der Waals surface area contributed by atoms with Crippen LogP contribution >= 0.6 is 23.2 Å². The molecule has 2 heterocycles. The third-order valence-corrected chi connectivity index (χ3v) is 6.40. The van der Waals surface area contributed by atoms with Crippen LogP contribution in [0.3, 0.4) is 0 Å². The quantitative estimate of drug-likeness (QED) is 0.413. The van der Waals surface area contributed by atoms with Crippen molar-refractivity contribution in [2.45, 2.75) is 12.3 Å². The molecule has 1 fully saturated rings. The molecule has 1 atom stereocenters. The molecule has 0 spiro atoms. The highest BCUT2D eigenvalue weighted by Crippen LogP contribution is 2.41. The molecule has 0 radical (unpaired) electrons. The van der Waals surface area contributed by atoms with E-state index in [-0.39, 0.29) is 5.69 Å². The summed E-state index contributed by atoms with van der Waals surface area (Å²) in [5.41, 5.74) is 0.174. The van der Waals surface area contributed by atoms with Crippen LogP contribution in [-0.4, -0.2) is 54.3 Å². The average Bonchev–Trinajstić information content (AvgIpc) is 3.18. The zero-order valence-electron chi connectivity index (χ0n) is 18.1. The third-order valence-electron chi connectivity index (χ3n) is 5.73. The van der Waals surface area contributed by atoms with Gasteiger partial charge in [-0.1, -0.05) is 53.5 Å². The SMILES string of the molecule is COc1cc(N2CCN(C(C=O)n3nc(C(F)(F)F)c(Cl)c3-c3ccccc3)CC2)ccc1Cl. The Bertz CT molecular complexity index is 1160. The highest BCUT2D eigenvalue weighted by molar-refractivity contribution is 6.34. The van der Waals surface area contributed by atoms with Crippen LogP contribution in [0, 0.1) is 0 Å². The number of anilines is 1. The molecule has 34 heavy (non-hydrogen) atoms. The van der Waals surface area contributed by atoms with Crippen molar-refractivity contribution in [3.8, 4) is 17.0 Å². The topological polar surface area (TPSA) is 50.6 Å². The molecule has 6 nitrogen and oxygen atoms in total. The maximum atomic E-state index is 13.6. The van der Waals surface area contributed by atoms with Gasteiger partial charge in [-0.15, -0.1) is 0 Å². The van der Waals surface area contributed by atoms with Gasteiger partial charge in [-0.25, -0.2) is 4.68 Å². The number of piperazine rings is 1. The number of methoxy groups -OCH3 is 1. The minimum atomic E-state index is -4.76. The van der Waals surface area contributed by atoms with Crippen LogP contribution in [0.1, 0.15) is 11.9 Å². The third kappa shape index (κ3) is 4.73. The molecule has 0 saturated carbocycles. The first-order valence-corrected chi connectivity index (χ1v) is 11.2. The van der Waals surface area contributed by atoms with Crippen molar-refractivity contribution in [2.75, 3.05) is 38.2 Å². The van der Waals surface area contributed by atoms with Gasteiger partial charge < -0.3 is 9.64 Å². The van der Waals surface area contributed by atoms with Crippen LogP contribution in [0.15, 0.2) is 48.5 Å². The summed E-state index contributed by atoms with van der Waals surface area (Å²) in [6.07, 6.45) is -5.21. The van der Waals surface area contributed by atoms with E-state index in [1.165, 1.54) is 7.11 Å². The van der Waals surface area contributed by atoms with Crippen LogP contribution in [0.2, 0.25) is 10.0 Å². The number of hydrogen-bond acceptors (Lipinski definition) is 5. The van der Waals surface area contributed by atoms with Gasteiger partial charge in [-0.3, -0.25) is 9.69 Å². The van der Waals surface area contributed by atoms with Crippen molar-refractivity contribution < 1.29 is 22.7 Å². The smallest absolute Gasteiger partial charge is 0.436 e. The Morgan fingerprint density at radius 2 is 1.74 bits per heavy atom. The number of aldehydes is 1. The monoisotopic (exact) mass is 512 g/mol. The predicted molar refractivity (Wildman–Crippen MR) is 125 cm³/mol. The van der Waals surface area contributed by atoms with E-state index in [2.05, 4.69) is 10.00 Å². The normalized spacial score (nSPS) is 15.9. The second-order valence-electron chi connectivity index (χ2n) is 7.71. The Labute approximate surface area is 204 Å². The van der Waals surface area contributed by atoms with Crippen LogP contribution in [0.4, 0.5) is 18.9 Å². The molecule has 1 aliphatic heterocycles. The molecule has 0 amide bonds. The number of nitrogens with zero attached hydrogens (tertiary/aromatic N) is 4. The van der Waals surface area contributed by atoms with Gasteiger partial charge in [0.2, 0.25) is 0 Å². The van der Waals surface area contributed by atoms with Gasteiger partial charge in [-0.05, 0) is 12.1 Å². The van der Waals surface area contributed by atoms with E-state index in [0.29, 0.717) is 48.8 Å². The minimum Gasteiger partial charge on any atom is -0.495 e. The Balaban J connectivity index is 1.63. The van der Waals surface area contributed by atoms with E-state index >= 15 is 0 Å². The summed E-state index contributed by atoms with van der Waals surface area (Å²) in [7, 11) is 1.53. The zero-order valence-corrected chi connectivity index (χ0v) is 19.6. The Kier molecular flexibility index (Phi) is 7.06. The van der Waals surface area contributed by atoms with Crippen molar-refractivity contribution >= 4 is 35.2 Å². The molecule has 4 rings (SSSR count). The van der Waals surface area contributed by atoms with Gasteiger partial charge in [0.25, 0.3) is 0 Å². The van der Waals surface area contributed by atoms with E-state index in [4.69, 9.17) is 27.9 Å². The molecule has 1 saturated heterocycles. The van der Waals surface area contributed by atoms with Gasteiger partial charge in [0.05, 0.1) is 22.8 Å². The molecule has 11 heteroatoms. The lowest BCUT2D eigenvalue weighted by Gasteiger charge is -2.38. The Morgan fingerprint density at radius 3 is 2.32 bits per heavy atom. The molecule has 0 aliphatic carbocycles. The minimum absolute atomic E-state index is 0.0524. The summed E-state index contributed by atoms with van der Waals surface area (Å²) in [6, 6.07) is 13.8. The molecular formula is C23H21Cl2F3N4O2. The lowest BCUT2D eigenvalue weighted by Crippen LogP contribution is -2.49. The summed E-state index contributed by atoms with van der Waals surface area (Å²) in [6.45, 7) is 1.91. The first kappa shape index (κ1) is 24.4. The lowest BCUT2D eigenvalue weighted by atomic mass is 10.1. The molecule has 1 aliphatic rings. The summed E-state index contributed by atoms with van der Waals surface area (Å²) in [5, 5.41) is 3.72. The molecule has 3 aromatic rings. The van der Waals surface area contributed by atoms with Gasteiger partial charge in [0.1, 0.15) is 5.75 Å². The number of carbonyl (C=O) groups is 1. The molecule has 1 aromatic heterocycles. The van der Waals surface area contributed by atoms with Crippen LogP contribution in [0.5, 0.6) is 5.75 Å². The number of alkyl halides is 3. The predicted octanol–water partition coefficient (Wildman–Crippen LogP) is 5.40. The number of benzene rings is 2. The van der Waals surface area contributed by atoms with Crippen molar-refractivity contribution in [3.05, 3.63) is 64.3 Å². The summed E-state index contributed by atoms with van der Waals surface area (Å²) in [5.74, 6) is 0.547. The van der Waals surface area contributed by atoms with Crippen LogP contribution in [0.25, 0.3) is 11.3 Å². The van der Waals surface area contributed by atoms with Crippen molar-refractivity contribution in [2.24, 2.45) is 0 Å². The van der Waals surface area contributed by atoms with E-state index < -0.39 is 23.1 Å². The fourth-order valence-electron chi connectivity index (χ4n) is 4.03. The summed E-state index contributed by atoms with van der Waals surface area (Å²) in [4.78, 5) is 16.0. The fraction of sp³-hybridized carbons (Fsp3) is 0.304. The molecule has 1 unspecified atom stereocenters. The maximum Gasteiger partial charge on any atom is 0.436 e. The number of rotatable bonds is 6. The molecule has 2 aromatic carbocycles. The standard InChI is InChI=1S/C23H21Cl2F3N4O2/c1-34-18-13-16(7-8-17(18)24)30-9-11-31(12-10-30)19(14-33)32-21(15-5-3-2-4-6-15)20(25)22(29-32)23(26,27)28/h2-8,13-14,19H,9-12H2,1H3. The second-order valence-corrected chi connectivity index (χ2v) is 8.50. The van der Waals surface area contributed by atoms with Gasteiger partial charge in [0.15, 0.2) is 18.1 Å². The van der Waals surface area contributed by atoms with Crippen LogP contribution < -0.4 is 9.64 Å². The molecule has 180 valence electrons. The highest BCUT2D eigenvalue weighted by Gasteiger charge is 2.41. The largest absolute Gasteiger partial charge is 0.495 e. The van der Waals surface area contributed by atoms with Gasteiger partial charge >= 0.3 is 6.18 Å². The van der Waals surface area contributed by atoms with Gasteiger partial charge in [0, 0.05) is 43.5 Å². The van der Waals surface area contributed by atoms with Crippen LogP contribution in [-0.2, 0) is 11.0 Å². The first-order valence-electron chi connectivity index (χ1n) is 10.4.